The van der Waals surface area contributed by atoms with E-state index in [2.05, 4.69) is 14.9 Å². The van der Waals surface area contributed by atoms with E-state index < -0.39 is 0 Å². The number of amides is 1. The summed E-state index contributed by atoms with van der Waals surface area (Å²) in [7, 11) is 2.03. The molecule has 0 unspecified atom stereocenters. The van der Waals surface area contributed by atoms with Crippen LogP contribution in [0.15, 0.2) is 15.5 Å². The first kappa shape index (κ1) is 13.8. The number of likely N-dealkylation sites (N-methyl/N-ethyl adjacent to an activating group) is 1. The maximum Gasteiger partial charge on any atom is 0.262 e. The predicted molar refractivity (Wildman–Crippen MR) is 77.4 cm³/mol. The third kappa shape index (κ3) is 2.23. The van der Waals surface area contributed by atoms with Crippen molar-refractivity contribution >= 4 is 17.0 Å². The second-order valence-corrected chi connectivity index (χ2v) is 5.55. The first-order valence-corrected chi connectivity index (χ1v) is 6.95. The number of aromatic amines is 1. The number of carbonyl (C=O) groups is 1. The van der Waals surface area contributed by atoms with Crippen molar-refractivity contribution in [3.63, 3.8) is 0 Å². The van der Waals surface area contributed by atoms with Crippen molar-refractivity contribution in [3.8, 4) is 0 Å². The number of piperazine rings is 1. The Balaban J connectivity index is 2.06. The number of rotatable bonds is 1. The molecule has 0 aromatic carbocycles. The average Bonchev–Trinajstić information content (AvgIpc) is 2.75. The number of carbonyl (C=O) groups excluding carboxylic acids is 1. The van der Waals surface area contributed by atoms with Gasteiger partial charge in [0.2, 0.25) is 5.71 Å². The molecule has 1 N–H and O–H groups in total. The van der Waals surface area contributed by atoms with Gasteiger partial charge in [0.05, 0.1) is 11.9 Å². The molecule has 112 valence electrons. The number of furan rings is 1. The SMILES string of the molecule is Cc1oc2nc[nH]c(=O)c2c1C(=O)N1CCN(C)C[C@@H]1C. The summed E-state index contributed by atoms with van der Waals surface area (Å²) in [6, 6.07) is 0.0938. The van der Waals surface area contributed by atoms with E-state index in [1.54, 1.807) is 11.8 Å². The zero-order chi connectivity index (χ0) is 15.1. The van der Waals surface area contributed by atoms with Crippen LogP contribution in [0.1, 0.15) is 23.0 Å². The smallest absolute Gasteiger partial charge is 0.262 e. The van der Waals surface area contributed by atoms with E-state index in [0.29, 0.717) is 17.9 Å². The molecule has 1 saturated heterocycles. The van der Waals surface area contributed by atoms with Crippen molar-refractivity contribution < 1.29 is 9.21 Å². The fourth-order valence-corrected chi connectivity index (χ4v) is 2.90. The van der Waals surface area contributed by atoms with E-state index in [1.165, 1.54) is 6.33 Å². The van der Waals surface area contributed by atoms with E-state index in [4.69, 9.17) is 4.42 Å². The van der Waals surface area contributed by atoms with Crippen LogP contribution in [-0.2, 0) is 0 Å². The van der Waals surface area contributed by atoms with Crippen molar-refractivity contribution in [2.75, 3.05) is 26.7 Å². The second kappa shape index (κ2) is 5.00. The molecule has 1 amide bonds. The highest BCUT2D eigenvalue weighted by Crippen LogP contribution is 2.23. The van der Waals surface area contributed by atoms with Crippen LogP contribution in [0.4, 0.5) is 0 Å². The Morgan fingerprint density at radius 3 is 2.95 bits per heavy atom. The highest BCUT2D eigenvalue weighted by Gasteiger charge is 2.31. The van der Waals surface area contributed by atoms with Crippen LogP contribution >= 0.6 is 0 Å². The van der Waals surface area contributed by atoms with Gasteiger partial charge in [0.1, 0.15) is 11.1 Å². The number of nitrogens with zero attached hydrogens (tertiary/aromatic N) is 3. The number of nitrogens with one attached hydrogen (secondary N) is 1. The molecule has 1 fully saturated rings. The molecular weight excluding hydrogens is 272 g/mol. The fraction of sp³-hybridized carbons (Fsp3) is 0.500. The van der Waals surface area contributed by atoms with Crippen molar-refractivity contribution in [1.29, 1.82) is 0 Å². The largest absolute Gasteiger partial charge is 0.442 e. The van der Waals surface area contributed by atoms with Crippen LogP contribution in [0.2, 0.25) is 0 Å². The Hall–Kier alpha value is -2.15. The summed E-state index contributed by atoms with van der Waals surface area (Å²) in [5, 5.41) is 0.242. The van der Waals surface area contributed by atoms with E-state index in [1.807, 2.05) is 14.0 Å². The normalized spacial score (nSPS) is 20.1. The standard InChI is InChI=1S/C14H18N4O3/c1-8-6-17(3)4-5-18(8)14(20)10-9(2)21-13-11(10)12(19)15-7-16-13/h7-8H,4-6H2,1-3H3,(H,15,16,19)/t8-/m0/s1. The molecule has 0 radical (unpaired) electrons. The Kier molecular flexibility index (Phi) is 3.29. The molecule has 0 spiro atoms. The number of fused-ring (bicyclic) bond motifs is 1. The highest BCUT2D eigenvalue weighted by molar-refractivity contribution is 6.06. The zero-order valence-corrected chi connectivity index (χ0v) is 12.3. The lowest BCUT2D eigenvalue weighted by Crippen LogP contribution is -2.52. The van der Waals surface area contributed by atoms with Gasteiger partial charge in [0.25, 0.3) is 11.5 Å². The van der Waals surface area contributed by atoms with E-state index in [9.17, 15) is 9.59 Å². The van der Waals surface area contributed by atoms with E-state index in [-0.39, 0.29) is 28.6 Å². The molecule has 3 heterocycles. The minimum absolute atomic E-state index is 0.0938. The minimum Gasteiger partial charge on any atom is -0.442 e. The van der Waals surface area contributed by atoms with Crippen LogP contribution in [0.5, 0.6) is 0 Å². The van der Waals surface area contributed by atoms with Gasteiger partial charge in [-0.3, -0.25) is 9.59 Å². The highest BCUT2D eigenvalue weighted by atomic mass is 16.3. The molecule has 21 heavy (non-hydrogen) atoms. The molecule has 0 saturated carbocycles. The third-order valence-corrected chi connectivity index (χ3v) is 3.98. The summed E-state index contributed by atoms with van der Waals surface area (Å²) < 4.78 is 5.46. The molecule has 2 aromatic heterocycles. The van der Waals surface area contributed by atoms with Gasteiger partial charge < -0.3 is 19.2 Å². The molecule has 1 aliphatic heterocycles. The van der Waals surface area contributed by atoms with Crippen LogP contribution in [0.25, 0.3) is 11.1 Å². The van der Waals surface area contributed by atoms with Gasteiger partial charge in [-0.05, 0) is 20.9 Å². The maximum absolute atomic E-state index is 12.8. The lowest BCUT2D eigenvalue weighted by atomic mass is 10.1. The Bertz CT molecular complexity index is 748. The van der Waals surface area contributed by atoms with Crippen LogP contribution in [-0.4, -0.2) is 58.4 Å². The monoisotopic (exact) mass is 290 g/mol. The second-order valence-electron chi connectivity index (χ2n) is 5.55. The maximum atomic E-state index is 12.8. The summed E-state index contributed by atoms with van der Waals surface area (Å²) in [4.78, 5) is 35.3. The number of hydrogen-bond donors (Lipinski definition) is 1. The molecule has 0 aliphatic carbocycles. The molecular formula is C14H18N4O3. The minimum atomic E-state index is -0.345. The molecule has 0 bridgehead atoms. The zero-order valence-electron chi connectivity index (χ0n) is 12.3. The molecule has 7 nitrogen and oxygen atoms in total. The lowest BCUT2D eigenvalue weighted by molar-refractivity contribution is 0.0533. The third-order valence-electron chi connectivity index (χ3n) is 3.98. The predicted octanol–water partition coefficient (Wildman–Crippen LogP) is 0.601. The fourth-order valence-electron chi connectivity index (χ4n) is 2.90. The number of aromatic nitrogens is 2. The van der Waals surface area contributed by atoms with Gasteiger partial charge in [-0.15, -0.1) is 0 Å². The van der Waals surface area contributed by atoms with Crippen LogP contribution in [0, 0.1) is 6.92 Å². The molecule has 7 heteroatoms. The summed E-state index contributed by atoms with van der Waals surface area (Å²) >= 11 is 0. The van der Waals surface area contributed by atoms with Crippen molar-refractivity contribution in [3.05, 3.63) is 28.0 Å². The van der Waals surface area contributed by atoms with Gasteiger partial charge in [0.15, 0.2) is 0 Å². The number of H-pyrrole nitrogens is 1. The molecule has 1 aliphatic rings. The Morgan fingerprint density at radius 2 is 2.24 bits per heavy atom. The molecule has 2 aromatic rings. The van der Waals surface area contributed by atoms with Crippen LogP contribution < -0.4 is 5.56 Å². The number of hydrogen-bond acceptors (Lipinski definition) is 5. The number of aryl methyl sites for hydroxylation is 1. The van der Waals surface area contributed by atoms with Gasteiger partial charge >= 0.3 is 0 Å². The average molecular weight is 290 g/mol. The Labute approximate surface area is 121 Å². The Morgan fingerprint density at radius 1 is 1.48 bits per heavy atom. The lowest BCUT2D eigenvalue weighted by Gasteiger charge is -2.38. The van der Waals surface area contributed by atoms with Crippen molar-refractivity contribution in [2.45, 2.75) is 19.9 Å². The summed E-state index contributed by atoms with van der Waals surface area (Å²) in [5.74, 6) is 0.274. The summed E-state index contributed by atoms with van der Waals surface area (Å²) in [5.41, 5.74) is 0.194. The van der Waals surface area contributed by atoms with Crippen molar-refractivity contribution in [1.82, 2.24) is 19.8 Å². The quantitative estimate of drug-likeness (QED) is 0.831. The van der Waals surface area contributed by atoms with Gasteiger partial charge in [0, 0.05) is 25.7 Å². The van der Waals surface area contributed by atoms with E-state index in [0.717, 1.165) is 13.1 Å². The molecule has 3 rings (SSSR count). The van der Waals surface area contributed by atoms with Gasteiger partial charge in [-0.25, -0.2) is 4.98 Å². The van der Waals surface area contributed by atoms with Crippen molar-refractivity contribution in [2.24, 2.45) is 0 Å². The summed E-state index contributed by atoms with van der Waals surface area (Å²) in [6.07, 6.45) is 1.28. The topological polar surface area (TPSA) is 82.4 Å². The summed E-state index contributed by atoms with van der Waals surface area (Å²) in [6.45, 7) is 5.97. The van der Waals surface area contributed by atoms with E-state index >= 15 is 0 Å². The van der Waals surface area contributed by atoms with Crippen LogP contribution in [0.3, 0.4) is 0 Å². The molecule has 1 atom stereocenters. The first-order chi connectivity index (χ1) is 9.99. The van der Waals surface area contributed by atoms with Gasteiger partial charge in [-0.1, -0.05) is 0 Å². The first-order valence-electron chi connectivity index (χ1n) is 6.95. The van der Waals surface area contributed by atoms with Gasteiger partial charge in [-0.2, -0.15) is 0 Å².